The first-order valence-electron chi connectivity index (χ1n) is 6.81. The van der Waals surface area contributed by atoms with E-state index in [1.54, 1.807) is 6.20 Å². The van der Waals surface area contributed by atoms with Crippen LogP contribution in [0.2, 0.25) is 5.02 Å². The maximum atomic E-state index is 6.00. The van der Waals surface area contributed by atoms with Crippen LogP contribution in [-0.4, -0.2) is 17.3 Å². The van der Waals surface area contributed by atoms with E-state index in [0.717, 1.165) is 29.6 Å². The second kappa shape index (κ2) is 6.87. The smallest absolute Gasteiger partial charge is 0.0915 e. The van der Waals surface area contributed by atoms with Crippen LogP contribution in [0.1, 0.15) is 5.56 Å². The van der Waals surface area contributed by atoms with E-state index < -0.39 is 0 Å². The molecule has 3 rings (SSSR count). The highest BCUT2D eigenvalue weighted by Crippen LogP contribution is 2.30. The number of thioether (sulfide) groups is 1. The molecule has 0 atom stereocenters. The molecule has 0 saturated carbocycles. The molecule has 0 radical (unpaired) electrons. The summed E-state index contributed by atoms with van der Waals surface area (Å²) >= 11 is 7.86. The van der Waals surface area contributed by atoms with Crippen molar-refractivity contribution in [3.63, 3.8) is 0 Å². The van der Waals surface area contributed by atoms with Crippen LogP contribution < -0.4 is 10.2 Å². The summed E-state index contributed by atoms with van der Waals surface area (Å²) in [5, 5.41) is 5.28. The van der Waals surface area contributed by atoms with Gasteiger partial charge in [-0.1, -0.05) is 17.7 Å². The third-order valence-electron chi connectivity index (χ3n) is 3.19. The largest absolute Gasteiger partial charge is 0.388 e. The number of nitrogens with one attached hydrogen (secondary N) is 1. The molecule has 0 fully saturated rings. The summed E-state index contributed by atoms with van der Waals surface area (Å²) in [5.41, 5.74) is 2.31. The second-order valence-electron chi connectivity index (χ2n) is 4.71. The van der Waals surface area contributed by atoms with E-state index >= 15 is 0 Å². The Balaban J connectivity index is 1.90. The Morgan fingerprint density at radius 2 is 2.10 bits per heavy atom. The molecule has 1 aromatic carbocycles. The van der Waals surface area contributed by atoms with Crippen LogP contribution in [0, 0.1) is 0 Å². The van der Waals surface area contributed by atoms with Gasteiger partial charge in [0.2, 0.25) is 0 Å². The summed E-state index contributed by atoms with van der Waals surface area (Å²) in [6.07, 6.45) is 5.79. The Bertz CT molecular complexity index is 613. The average molecular weight is 318 g/mol. The Morgan fingerprint density at radius 1 is 1.24 bits per heavy atom. The molecule has 0 bridgehead atoms. The zero-order valence-corrected chi connectivity index (χ0v) is 13.1. The van der Waals surface area contributed by atoms with Gasteiger partial charge in [0.05, 0.1) is 11.6 Å². The predicted octanol–water partition coefficient (Wildman–Crippen LogP) is 3.88. The zero-order valence-electron chi connectivity index (χ0n) is 11.5. The molecule has 2 aromatic rings. The van der Waals surface area contributed by atoms with Crippen molar-refractivity contribution in [2.45, 2.75) is 6.54 Å². The average Bonchev–Trinajstić information content (AvgIpc) is 2.55. The van der Waals surface area contributed by atoms with Crippen molar-refractivity contribution in [1.82, 2.24) is 10.3 Å². The van der Waals surface area contributed by atoms with E-state index in [1.165, 1.54) is 10.6 Å². The summed E-state index contributed by atoms with van der Waals surface area (Å²) < 4.78 is 0. The fourth-order valence-electron chi connectivity index (χ4n) is 2.16. The first-order valence-corrected chi connectivity index (χ1v) is 8.18. The number of benzene rings is 1. The Kier molecular flexibility index (Phi) is 4.68. The van der Waals surface area contributed by atoms with E-state index in [0.29, 0.717) is 0 Å². The molecule has 2 heterocycles. The molecule has 1 aromatic heterocycles. The lowest BCUT2D eigenvalue weighted by Crippen LogP contribution is -2.26. The van der Waals surface area contributed by atoms with Crippen molar-refractivity contribution < 1.29 is 0 Å². The SMILES string of the molecule is Clc1ccc(N(Cc2cccnc2)C2=CNCCS2)cc1. The number of nitrogens with zero attached hydrogens (tertiary/aromatic N) is 2. The van der Waals surface area contributed by atoms with Crippen LogP contribution >= 0.6 is 23.4 Å². The third kappa shape index (κ3) is 3.71. The molecule has 0 amide bonds. The molecule has 5 heteroatoms. The van der Waals surface area contributed by atoms with Gasteiger partial charge in [-0.25, -0.2) is 0 Å². The number of halogens is 1. The van der Waals surface area contributed by atoms with Gasteiger partial charge in [0.25, 0.3) is 0 Å². The van der Waals surface area contributed by atoms with Gasteiger partial charge in [-0.2, -0.15) is 0 Å². The van der Waals surface area contributed by atoms with Crippen molar-refractivity contribution in [3.05, 3.63) is 70.6 Å². The lowest BCUT2D eigenvalue weighted by atomic mass is 10.2. The monoisotopic (exact) mass is 317 g/mol. The minimum Gasteiger partial charge on any atom is -0.388 e. The predicted molar refractivity (Wildman–Crippen MR) is 90.4 cm³/mol. The van der Waals surface area contributed by atoms with Gasteiger partial charge in [0, 0.05) is 41.6 Å². The Hall–Kier alpha value is -1.65. The van der Waals surface area contributed by atoms with Crippen LogP contribution in [0.15, 0.2) is 60.0 Å². The van der Waals surface area contributed by atoms with Crippen molar-refractivity contribution >= 4 is 29.1 Å². The van der Waals surface area contributed by atoms with Crippen molar-refractivity contribution in [2.75, 3.05) is 17.2 Å². The summed E-state index contributed by atoms with van der Waals surface area (Å²) in [4.78, 5) is 6.48. The second-order valence-corrected chi connectivity index (χ2v) is 6.26. The molecule has 0 spiro atoms. The van der Waals surface area contributed by atoms with Crippen molar-refractivity contribution in [1.29, 1.82) is 0 Å². The number of hydrogen-bond donors (Lipinski definition) is 1. The van der Waals surface area contributed by atoms with E-state index in [2.05, 4.69) is 39.6 Å². The number of anilines is 1. The molecule has 0 aliphatic carbocycles. The summed E-state index contributed by atoms with van der Waals surface area (Å²) in [7, 11) is 0. The van der Waals surface area contributed by atoms with Gasteiger partial charge in [0.15, 0.2) is 0 Å². The molecule has 108 valence electrons. The lowest BCUT2D eigenvalue weighted by molar-refractivity contribution is 0.875. The fraction of sp³-hybridized carbons (Fsp3) is 0.188. The molecule has 3 nitrogen and oxygen atoms in total. The quantitative estimate of drug-likeness (QED) is 0.926. The Labute approximate surface area is 134 Å². The third-order valence-corrected chi connectivity index (χ3v) is 4.48. The highest BCUT2D eigenvalue weighted by Gasteiger charge is 2.15. The minimum absolute atomic E-state index is 0.753. The topological polar surface area (TPSA) is 28.2 Å². The van der Waals surface area contributed by atoms with Gasteiger partial charge >= 0.3 is 0 Å². The molecular weight excluding hydrogens is 302 g/mol. The van der Waals surface area contributed by atoms with E-state index in [1.807, 2.05) is 36.2 Å². The van der Waals surface area contributed by atoms with Crippen LogP contribution in [-0.2, 0) is 6.54 Å². The van der Waals surface area contributed by atoms with Crippen LogP contribution in [0.4, 0.5) is 5.69 Å². The van der Waals surface area contributed by atoms with Crippen molar-refractivity contribution in [2.24, 2.45) is 0 Å². The lowest BCUT2D eigenvalue weighted by Gasteiger charge is -2.29. The van der Waals surface area contributed by atoms with Crippen LogP contribution in [0.5, 0.6) is 0 Å². The highest BCUT2D eigenvalue weighted by atomic mass is 35.5. The van der Waals surface area contributed by atoms with Gasteiger partial charge in [-0.3, -0.25) is 4.98 Å². The first kappa shape index (κ1) is 14.3. The fourth-order valence-corrected chi connectivity index (χ4v) is 3.21. The summed E-state index contributed by atoms with van der Waals surface area (Å²) in [6, 6.07) is 12.0. The number of aromatic nitrogens is 1. The molecule has 1 N–H and O–H groups in total. The van der Waals surface area contributed by atoms with Crippen LogP contribution in [0.3, 0.4) is 0 Å². The van der Waals surface area contributed by atoms with Crippen molar-refractivity contribution in [3.8, 4) is 0 Å². The Morgan fingerprint density at radius 3 is 2.76 bits per heavy atom. The number of hydrogen-bond acceptors (Lipinski definition) is 4. The first-order chi connectivity index (χ1) is 10.3. The maximum absolute atomic E-state index is 6.00. The van der Waals surface area contributed by atoms with E-state index in [9.17, 15) is 0 Å². The zero-order chi connectivity index (χ0) is 14.5. The molecule has 1 aliphatic rings. The number of rotatable bonds is 4. The molecular formula is C16H16ClN3S. The number of pyridine rings is 1. The van der Waals surface area contributed by atoms with Gasteiger partial charge in [-0.05, 0) is 35.9 Å². The van der Waals surface area contributed by atoms with Gasteiger partial charge in [-0.15, -0.1) is 11.8 Å². The highest BCUT2D eigenvalue weighted by molar-refractivity contribution is 8.03. The summed E-state index contributed by atoms with van der Waals surface area (Å²) in [6.45, 7) is 1.80. The minimum atomic E-state index is 0.753. The van der Waals surface area contributed by atoms with E-state index in [4.69, 9.17) is 11.6 Å². The molecule has 0 saturated heterocycles. The normalized spacial score (nSPS) is 14.2. The van der Waals surface area contributed by atoms with Gasteiger partial charge < -0.3 is 10.2 Å². The summed E-state index contributed by atoms with van der Waals surface area (Å²) in [5.74, 6) is 1.07. The molecule has 0 unspecified atom stereocenters. The van der Waals surface area contributed by atoms with Crippen LogP contribution in [0.25, 0.3) is 0 Å². The standard InChI is InChI=1S/C16H16ClN3S/c17-14-3-5-15(6-4-14)20(16-11-19-8-9-21-16)12-13-2-1-7-18-10-13/h1-7,10-11,19H,8-9,12H2. The van der Waals surface area contributed by atoms with E-state index in [-0.39, 0.29) is 0 Å². The van der Waals surface area contributed by atoms with Gasteiger partial charge in [0.1, 0.15) is 0 Å². The maximum Gasteiger partial charge on any atom is 0.0915 e. The molecule has 1 aliphatic heterocycles. The molecule has 21 heavy (non-hydrogen) atoms.